The number of hydrogen-bond acceptors (Lipinski definition) is 3. The highest BCUT2D eigenvalue weighted by Gasteiger charge is 2.34. The van der Waals surface area contributed by atoms with Crippen molar-refractivity contribution in [1.82, 2.24) is 4.72 Å². The van der Waals surface area contributed by atoms with Gasteiger partial charge in [-0.15, -0.1) is 0 Å². The van der Waals surface area contributed by atoms with Crippen molar-refractivity contribution < 1.29 is 9.13 Å². The lowest BCUT2D eigenvalue weighted by atomic mass is 9.93. The smallest absolute Gasteiger partial charge is 0.226 e. The number of benzene rings is 2. The van der Waals surface area contributed by atoms with Gasteiger partial charge in [-0.25, -0.2) is 8.93 Å². The zero-order valence-corrected chi connectivity index (χ0v) is 13.3. The Bertz CT molecular complexity index is 674. The van der Waals surface area contributed by atoms with E-state index in [0.717, 1.165) is 11.1 Å². The molecule has 2 aromatic carbocycles. The third kappa shape index (κ3) is 3.99. The molecule has 0 fully saturated rings. The van der Waals surface area contributed by atoms with Gasteiger partial charge >= 0.3 is 0 Å². The summed E-state index contributed by atoms with van der Waals surface area (Å²) >= 11 is 0. The van der Waals surface area contributed by atoms with Crippen molar-refractivity contribution in [3.63, 3.8) is 0 Å². The van der Waals surface area contributed by atoms with E-state index in [4.69, 9.17) is 0 Å². The molecule has 0 saturated heterocycles. The summed E-state index contributed by atoms with van der Waals surface area (Å²) in [4.78, 5) is 11.2. The van der Waals surface area contributed by atoms with Gasteiger partial charge in [0.05, 0.1) is 4.90 Å². The number of hydrogen-bond donors (Lipinski definition) is 1. The van der Waals surface area contributed by atoms with Crippen LogP contribution in [-0.2, 0) is 16.5 Å². The number of nitro groups is 1. The fourth-order valence-corrected chi connectivity index (χ4v) is 3.26. The minimum Gasteiger partial charge on any atom is -0.264 e. The number of nitrogens with one attached hydrogen (secondary N) is 1. The van der Waals surface area contributed by atoms with Crippen LogP contribution in [0.2, 0.25) is 0 Å². The first-order chi connectivity index (χ1) is 10.4. The highest BCUT2D eigenvalue weighted by atomic mass is 32.2. The van der Waals surface area contributed by atoms with Gasteiger partial charge in [-0.2, -0.15) is 0 Å². The minimum absolute atomic E-state index is 0.353. The van der Waals surface area contributed by atoms with Crippen molar-refractivity contribution in [2.45, 2.75) is 24.3 Å². The summed E-state index contributed by atoms with van der Waals surface area (Å²) in [6.45, 7) is 3.28. The van der Waals surface area contributed by atoms with Crippen molar-refractivity contribution in [1.29, 1.82) is 0 Å². The molecule has 0 amide bonds. The van der Waals surface area contributed by atoms with Crippen LogP contribution < -0.4 is 4.72 Å². The summed E-state index contributed by atoms with van der Waals surface area (Å²) in [6.07, 6.45) is 0. The van der Waals surface area contributed by atoms with E-state index < -0.39 is 21.4 Å². The Labute approximate surface area is 132 Å². The second kappa shape index (κ2) is 6.81. The van der Waals surface area contributed by atoms with Gasteiger partial charge in [0.25, 0.3) is 0 Å². The van der Waals surface area contributed by atoms with Crippen LogP contribution in [0.4, 0.5) is 0 Å². The zero-order valence-electron chi connectivity index (χ0n) is 12.5. The van der Waals surface area contributed by atoms with Gasteiger partial charge in [0, 0.05) is 4.92 Å². The molecule has 0 spiro atoms. The fourth-order valence-electron chi connectivity index (χ4n) is 2.17. The van der Waals surface area contributed by atoms with Crippen molar-refractivity contribution in [2.75, 3.05) is 6.54 Å². The predicted molar refractivity (Wildman–Crippen MR) is 86.4 cm³/mol. The Morgan fingerprint density at radius 3 is 2.27 bits per heavy atom. The predicted octanol–water partition coefficient (Wildman–Crippen LogP) is 2.80. The normalized spacial score (nSPS) is 15.0. The Hall–Kier alpha value is -2.05. The van der Waals surface area contributed by atoms with Crippen LogP contribution in [0.5, 0.6) is 0 Å². The summed E-state index contributed by atoms with van der Waals surface area (Å²) in [7, 11) is -1.53. The number of rotatable bonds is 6. The van der Waals surface area contributed by atoms with E-state index >= 15 is 0 Å². The molecular formula is C16H18N2O3S. The van der Waals surface area contributed by atoms with Gasteiger partial charge in [0.1, 0.15) is 16.5 Å². The lowest BCUT2D eigenvalue weighted by molar-refractivity contribution is -0.490. The van der Waals surface area contributed by atoms with E-state index in [0.29, 0.717) is 4.90 Å². The van der Waals surface area contributed by atoms with Crippen molar-refractivity contribution in [2.24, 2.45) is 0 Å². The van der Waals surface area contributed by atoms with E-state index in [2.05, 4.69) is 4.72 Å². The molecule has 0 aliphatic carbocycles. The Kier molecular flexibility index (Phi) is 5.05. The molecule has 0 aromatic heterocycles. The molecule has 2 rings (SSSR count). The van der Waals surface area contributed by atoms with E-state index in [1.165, 1.54) is 0 Å². The molecule has 5 nitrogen and oxygen atoms in total. The van der Waals surface area contributed by atoms with Gasteiger partial charge in [0.15, 0.2) is 0 Å². The van der Waals surface area contributed by atoms with E-state index in [1.807, 2.05) is 37.3 Å². The number of nitrogens with zero attached hydrogens (tertiary/aromatic N) is 1. The minimum atomic E-state index is -1.53. The molecule has 0 heterocycles. The molecule has 2 atom stereocenters. The Morgan fingerprint density at radius 1 is 1.14 bits per heavy atom. The molecule has 2 aromatic rings. The molecule has 0 aliphatic heterocycles. The summed E-state index contributed by atoms with van der Waals surface area (Å²) in [6, 6.07) is 16.3. The number of aryl methyl sites for hydroxylation is 1. The summed E-state index contributed by atoms with van der Waals surface area (Å²) in [5, 5.41) is 11.0. The topological polar surface area (TPSA) is 72.2 Å². The Balaban J connectivity index is 2.29. The average Bonchev–Trinajstić information content (AvgIpc) is 2.48. The molecule has 6 heteroatoms. The van der Waals surface area contributed by atoms with Gasteiger partial charge in [-0.1, -0.05) is 48.0 Å². The SMILES string of the molecule is Cc1ccc(S(=O)N[C@](C)(C[N+](=O)[O-])c2ccccc2)cc1. The van der Waals surface area contributed by atoms with Crippen LogP contribution in [0.25, 0.3) is 0 Å². The maximum absolute atomic E-state index is 12.5. The maximum atomic E-state index is 12.5. The van der Waals surface area contributed by atoms with Crippen LogP contribution in [0.1, 0.15) is 18.1 Å². The molecule has 1 N–H and O–H groups in total. The second-order valence-electron chi connectivity index (χ2n) is 5.37. The third-order valence-corrected chi connectivity index (χ3v) is 4.75. The monoisotopic (exact) mass is 318 g/mol. The fraction of sp³-hybridized carbons (Fsp3) is 0.250. The molecule has 0 bridgehead atoms. The average molecular weight is 318 g/mol. The first-order valence-electron chi connectivity index (χ1n) is 6.84. The summed E-state index contributed by atoms with van der Waals surface area (Å²) in [5.41, 5.74) is 0.782. The van der Waals surface area contributed by atoms with Crippen LogP contribution in [0.15, 0.2) is 59.5 Å². The van der Waals surface area contributed by atoms with Crippen LogP contribution in [-0.4, -0.2) is 15.7 Å². The highest BCUT2D eigenvalue weighted by Crippen LogP contribution is 2.23. The van der Waals surface area contributed by atoms with Crippen LogP contribution >= 0.6 is 0 Å². The highest BCUT2D eigenvalue weighted by molar-refractivity contribution is 7.83. The lowest BCUT2D eigenvalue weighted by Gasteiger charge is -2.26. The van der Waals surface area contributed by atoms with Crippen molar-refractivity contribution in [3.05, 3.63) is 75.8 Å². The van der Waals surface area contributed by atoms with E-state index in [9.17, 15) is 14.3 Å². The molecular weight excluding hydrogens is 300 g/mol. The Morgan fingerprint density at radius 2 is 1.73 bits per heavy atom. The quantitative estimate of drug-likeness (QED) is 0.657. The molecule has 0 saturated carbocycles. The third-order valence-electron chi connectivity index (χ3n) is 3.41. The second-order valence-corrected chi connectivity index (χ2v) is 6.59. The first kappa shape index (κ1) is 16.3. The van der Waals surface area contributed by atoms with Gasteiger partial charge in [0.2, 0.25) is 6.54 Å². The summed E-state index contributed by atoms with van der Waals surface area (Å²) < 4.78 is 15.4. The van der Waals surface area contributed by atoms with Crippen molar-refractivity contribution in [3.8, 4) is 0 Å². The van der Waals surface area contributed by atoms with Crippen LogP contribution in [0, 0.1) is 17.0 Å². The van der Waals surface area contributed by atoms with Crippen molar-refractivity contribution >= 4 is 11.0 Å². The molecule has 0 aliphatic rings. The standard InChI is InChI=1S/C16H18N2O3S/c1-13-8-10-15(11-9-13)22(21)17-16(2,12-18(19)20)14-6-4-3-5-7-14/h3-11,17H,12H2,1-2H3/t16-,22?/m1/s1. The largest absolute Gasteiger partial charge is 0.264 e. The van der Waals surface area contributed by atoms with Gasteiger partial charge < -0.3 is 0 Å². The van der Waals surface area contributed by atoms with E-state index in [-0.39, 0.29) is 6.54 Å². The lowest BCUT2D eigenvalue weighted by Crippen LogP contribution is -2.46. The molecule has 0 radical (unpaired) electrons. The van der Waals surface area contributed by atoms with Gasteiger partial charge in [-0.3, -0.25) is 10.1 Å². The maximum Gasteiger partial charge on any atom is 0.226 e. The zero-order chi connectivity index (χ0) is 16.2. The first-order valence-corrected chi connectivity index (χ1v) is 7.99. The molecule has 1 unspecified atom stereocenters. The molecule has 22 heavy (non-hydrogen) atoms. The molecule has 116 valence electrons. The van der Waals surface area contributed by atoms with Crippen LogP contribution in [0.3, 0.4) is 0 Å². The van der Waals surface area contributed by atoms with E-state index in [1.54, 1.807) is 31.2 Å². The summed E-state index contributed by atoms with van der Waals surface area (Å²) in [5.74, 6) is 0. The van der Waals surface area contributed by atoms with Gasteiger partial charge in [-0.05, 0) is 31.5 Å².